The van der Waals surface area contributed by atoms with Crippen LogP contribution in [0.5, 0.6) is 0 Å². The zero-order valence-electron chi connectivity index (χ0n) is 12.4. The molecule has 0 aromatic heterocycles. The van der Waals surface area contributed by atoms with Crippen LogP contribution >= 0.6 is 34.8 Å². The van der Waals surface area contributed by atoms with Crippen LogP contribution in [0, 0.1) is 0 Å². The second-order valence-corrected chi connectivity index (χ2v) is 6.81. The summed E-state index contributed by atoms with van der Waals surface area (Å²) in [5, 5.41) is 4.00. The Bertz CT molecular complexity index is 850. The van der Waals surface area contributed by atoms with Gasteiger partial charge in [-0.2, -0.15) is 13.2 Å². The monoisotopic (exact) mass is 408 g/mol. The molecule has 1 heterocycles. The molecule has 0 saturated heterocycles. The lowest BCUT2D eigenvalue weighted by atomic mass is 9.86. The lowest BCUT2D eigenvalue weighted by Gasteiger charge is -2.29. The highest BCUT2D eigenvalue weighted by Gasteiger charge is 2.62. The molecule has 132 valence electrons. The summed E-state index contributed by atoms with van der Waals surface area (Å²) in [5.41, 5.74) is 3.52. The van der Waals surface area contributed by atoms with Crippen molar-refractivity contribution in [1.82, 2.24) is 0 Å². The molecule has 0 radical (unpaired) electrons. The maximum absolute atomic E-state index is 13.9. The van der Waals surface area contributed by atoms with Gasteiger partial charge in [-0.1, -0.05) is 46.0 Å². The summed E-state index contributed by atoms with van der Waals surface area (Å²) in [6.07, 6.45) is -5.29. The van der Waals surface area contributed by atoms with Gasteiger partial charge in [0, 0.05) is 27.6 Å². The number of hydrogen-bond donors (Lipinski definition) is 1. The van der Waals surface area contributed by atoms with Crippen molar-refractivity contribution in [2.45, 2.75) is 18.2 Å². The van der Waals surface area contributed by atoms with Crippen molar-refractivity contribution in [3.8, 4) is 0 Å². The van der Waals surface area contributed by atoms with Crippen LogP contribution in [0.3, 0.4) is 0 Å². The third-order valence-electron chi connectivity index (χ3n) is 3.85. The Balaban J connectivity index is 2.04. The molecule has 1 atom stereocenters. The van der Waals surface area contributed by atoms with Crippen LogP contribution in [-0.2, 0) is 10.4 Å². The Labute approximate surface area is 156 Å². The van der Waals surface area contributed by atoms with Crippen LogP contribution in [0.1, 0.15) is 17.5 Å². The Morgan fingerprint density at radius 1 is 1.04 bits per heavy atom. The highest BCUT2D eigenvalue weighted by molar-refractivity contribution is 6.34. The van der Waals surface area contributed by atoms with E-state index in [1.54, 1.807) is 0 Å². The first-order valence-electron chi connectivity index (χ1n) is 6.96. The number of halogens is 6. The van der Waals surface area contributed by atoms with Gasteiger partial charge in [0.2, 0.25) is 0 Å². The lowest BCUT2D eigenvalue weighted by molar-refractivity contribution is -0.275. The minimum absolute atomic E-state index is 0.0682. The van der Waals surface area contributed by atoms with Crippen LogP contribution in [-0.4, -0.2) is 11.9 Å². The highest BCUT2D eigenvalue weighted by atomic mass is 35.5. The van der Waals surface area contributed by atoms with Crippen molar-refractivity contribution in [3.63, 3.8) is 0 Å². The van der Waals surface area contributed by atoms with Gasteiger partial charge in [-0.05, 0) is 30.3 Å². The molecule has 0 amide bonds. The quantitative estimate of drug-likeness (QED) is 0.636. The predicted octanol–water partition coefficient (Wildman–Crippen LogP) is 5.81. The number of oxime groups is 1. The zero-order chi connectivity index (χ0) is 18.4. The van der Waals surface area contributed by atoms with Crippen molar-refractivity contribution in [1.29, 1.82) is 0 Å². The standard InChI is InChI=1S/C16H10Cl3F3N2O/c17-10-4-9(5-11(18)6-10)15(16(20,21)22)7-14(24-25-15)8-1-2-13(23)12(19)3-8/h1-6H,7,23H2. The minimum Gasteiger partial charge on any atom is -0.398 e. The van der Waals surface area contributed by atoms with Crippen LogP contribution in [0.25, 0.3) is 0 Å². The van der Waals surface area contributed by atoms with Gasteiger partial charge in [0.15, 0.2) is 0 Å². The van der Waals surface area contributed by atoms with Crippen molar-refractivity contribution in [3.05, 3.63) is 62.6 Å². The fourth-order valence-electron chi connectivity index (χ4n) is 2.55. The Morgan fingerprint density at radius 3 is 2.24 bits per heavy atom. The number of benzene rings is 2. The van der Waals surface area contributed by atoms with Gasteiger partial charge in [0.1, 0.15) is 0 Å². The molecule has 0 saturated carbocycles. The molecule has 2 aromatic carbocycles. The van der Waals surface area contributed by atoms with E-state index in [-0.39, 0.29) is 26.3 Å². The maximum Gasteiger partial charge on any atom is 0.435 e. The van der Waals surface area contributed by atoms with Crippen LogP contribution in [0.15, 0.2) is 41.6 Å². The molecule has 9 heteroatoms. The van der Waals surface area contributed by atoms with E-state index in [1.807, 2.05) is 0 Å². The van der Waals surface area contributed by atoms with Crippen LogP contribution < -0.4 is 5.73 Å². The summed E-state index contributed by atoms with van der Waals surface area (Å²) in [7, 11) is 0. The van der Waals surface area contributed by atoms with Crippen molar-refractivity contribution in [2.75, 3.05) is 5.73 Å². The van der Waals surface area contributed by atoms with E-state index in [2.05, 4.69) is 5.16 Å². The molecule has 3 rings (SSSR count). The number of nitrogen functional groups attached to an aromatic ring is 1. The second-order valence-electron chi connectivity index (χ2n) is 5.53. The van der Waals surface area contributed by atoms with Crippen molar-refractivity contribution in [2.24, 2.45) is 5.16 Å². The first kappa shape index (κ1) is 18.2. The molecule has 0 bridgehead atoms. The minimum atomic E-state index is -4.75. The molecule has 2 N–H and O–H groups in total. The van der Waals surface area contributed by atoms with Gasteiger partial charge in [0.05, 0.1) is 16.4 Å². The summed E-state index contributed by atoms with van der Waals surface area (Å²) in [5.74, 6) is 0. The molecule has 1 aliphatic rings. The summed E-state index contributed by atoms with van der Waals surface area (Å²) >= 11 is 17.6. The Kier molecular flexibility index (Phi) is 4.56. The summed E-state index contributed by atoms with van der Waals surface area (Å²) in [6, 6.07) is 8.12. The fourth-order valence-corrected chi connectivity index (χ4v) is 3.26. The molecule has 0 aliphatic carbocycles. The van der Waals surface area contributed by atoms with E-state index in [0.717, 1.165) is 12.1 Å². The van der Waals surface area contributed by atoms with Gasteiger partial charge < -0.3 is 10.6 Å². The van der Waals surface area contributed by atoms with Gasteiger partial charge in [-0.3, -0.25) is 0 Å². The first-order chi connectivity index (χ1) is 11.6. The molecule has 2 aromatic rings. The molecular weight excluding hydrogens is 400 g/mol. The van der Waals surface area contributed by atoms with E-state index in [9.17, 15) is 13.2 Å². The SMILES string of the molecule is Nc1ccc(C2=NOC(c3cc(Cl)cc(Cl)c3)(C(F)(F)F)C2)cc1Cl. The topological polar surface area (TPSA) is 47.6 Å². The van der Waals surface area contributed by atoms with Gasteiger partial charge in [-0.25, -0.2) is 0 Å². The van der Waals surface area contributed by atoms with Crippen LogP contribution in [0.4, 0.5) is 18.9 Å². The zero-order valence-corrected chi connectivity index (χ0v) is 14.6. The molecule has 0 fully saturated rings. The van der Waals surface area contributed by atoms with Gasteiger partial charge in [-0.15, -0.1) is 0 Å². The molecule has 25 heavy (non-hydrogen) atoms. The normalized spacial score (nSPS) is 20.3. The molecular formula is C16H10Cl3F3N2O. The largest absolute Gasteiger partial charge is 0.435 e. The van der Waals surface area contributed by atoms with Gasteiger partial charge >= 0.3 is 6.18 Å². The second kappa shape index (κ2) is 6.27. The summed E-state index contributed by atoms with van der Waals surface area (Å²) in [6.45, 7) is 0. The predicted molar refractivity (Wildman–Crippen MR) is 92.3 cm³/mol. The van der Waals surface area contributed by atoms with E-state index in [1.165, 1.54) is 24.3 Å². The summed E-state index contributed by atoms with van der Waals surface area (Å²) in [4.78, 5) is 4.91. The van der Waals surface area contributed by atoms with E-state index < -0.39 is 18.2 Å². The number of rotatable bonds is 2. The number of anilines is 1. The van der Waals surface area contributed by atoms with E-state index in [4.69, 9.17) is 45.4 Å². The average Bonchev–Trinajstić information content (AvgIpc) is 2.95. The first-order valence-corrected chi connectivity index (χ1v) is 8.09. The van der Waals surface area contributed by atoms with E-state index in [0.29, 0.717) is 11.3 Å². The number of nitrogens with two attached hydrogens (primary N) is 1. The third-order valence-corrected chi connectivity index (χ3v) is 4.61. The maximum atomic E-state index is 13.9. The molecule has 0 spiro atoms. The molecule has 3 nitrogen and oxygen atoms in total. The van der Waals surface area contributed by atoms with Crippen molar-refractivity contribution >= 4 is 46.2 Å². The number of alkyl halides is 3. The summed E-state index contributed by atoms with van der Waals surface area (Å²) < 4.78 is 41.6. The molecule has 1 aliphatic heterocycles. The van der Waals surface area contributed by atoms with E-state index >= 15 is 0 Å². The van der Waals surface area contributed by atoms with Crippen molar-refractivity contribution < 1.29 is 18.0 Å². The van der Waals surface area contributed by atoms with Gasteiger partial charge in [0.25, 0.3) is 5.60 Å². The fraction of sp³-hybridized carbons (Fsp3) is 0.188. The third kappa shape index (κ3) is 3.26. The van der Waals surface area contributed by atoms with Crippen LogP contribution in [0.2, 0.25) is 15.1 Å². The number of hydrogen-bond acceptors (Lipinski definition) is 3. The Morgan fingerprint density at radius 2 is 1.68 bits per heavy atom. The molecule has 1 unspecified atom stereocenters. The Hall–Kier alpha value is -1.63. The smallest absolute Gasteiger partial charge is 0.398 e. The highest BCUT2D eigenvalue weighted by Crippen LogP contribution is 2.49. The number of nitrogens with zero attached hydrogens (tertiary/aromatic N) is 1. The lowest BCUT2D eigenvalue weighted by Crippen LogP contribution is -2.42. The average molecular weight is 410 g/mol.